The molecule has 0 aliphatic rings. The predicted octanol–water partition coefficient (Wildman–Crippen LogP) is 1.68. The lowest BCUT2D eigenvalue weighted by Gasteiger charge is -2.03. The van der Waals surface area contributed by atoms with Crippen molar-refractivity contribution in [3.05, 3.63) is 34.9 Å². The van der Waals surface area contributed by atoms with Crippen LogP contribution < -0.4 is 5.32 Å². The second-order valence-electron chi connectivity index (χ2n) is 3.66. The van der Waals surface area contributed by atoms with Gasteiger partial charge in [0.25, 0.3) is 5.91 Å². The van der Waals surface area contributed by atoms with Gasteiger partial charge in [-0.1, -0.05) is 18.5 Å². The van der Waals surface area contributed by atoms with Crippen molar-refractivity contribution in [3.63, 3.8) is 0 Å². The van der Waals surface area contributed by atoms with Crippen molar-refractivity contribution in [2.75, 3.05) is 5.32 Å². The van der Waals surface area contributed by atoms with Gasteiger partial charge in [-0.3, -0.25) is 14.8 Å². The second kappa shape index (κ2) is 5.14. The number of hydrogen-bond acceptors (Lipinski definition) is 4. The minimum atomic E-state index is -0.313. The monoisotopic (exact) mass is 265 g/mol. The number of halogens is 1. The van der Waals surface area contributed by atoms with E-state index in [-0.39, 0.29) is 17.0 Å². The van der Waals surface area contributed by atoms with Crippen molar-refractivity contribution in [1.82, 2.24) is 19.7 Å². The molecule has 1 amide bonds. The number of anilines is 1. The summed E-state index contributed by atoms with van der Waals surface area (Å²) in [6.07, 6.45) is 2.25. The van der Waals surface area contributed by atoms with Crippen LogP contribution in [0.25, 0.3) is 0 Å². The topological polar surface area (TPSA) is 72.7 Å². The molecule has 6 nitrogen and oxygen atoms in total. The molecular weight excluding hydrogens is 254 g/mol. The number of aromatic nitrogens is 4. The third kappa shape index (κ3) is 2.65. The van der Waals surface area contributed by atoms with E-state index in [9.17, 15) is 4.79 Å². The number of amides is 1. The molecule has 2 aromatic rings. The summed E-state index contributed by atoms with van der Waals surface area (Å²) in [4.78, 5) is 19.8. The number of aryl methyl sites for hydroxylation is 2. The third-order valence-corrected chi connectivity index (χ3v) is 2.58. The Morgan fingerprint density at radius 3 is 2.94 bits per heavy atom. The summed E-state index contributed by atoms with van der Waals surface area (Å²) in [6.45, 7) is 1.98. The van der Waals surface area contributed by atoms with Gasteiger partial charge >= 0.3 is 0 Å². The van der Waals surface area contributed by atoms with E-state index in [1.54, 1.807) is 13.1 Å². The van der Waals surface area contributed by atoms with E-state index >= 15 is 0 Å². The molecule has 0 aliphatic heterocycles. The standard InChI is InChI=1S/C11H12ClN5O/c1-3-7-6-8(17(2)16-7)10(18)15-11-13-5-4-9(12)14-11/h4-6H,3H2,1-2H3,(H,13,14,15,18). The minimum Gasteiger partial charge on any atom is -0.289 e. The zero-order valence-electron chi connectivity index (χ0n) is 10.0. The fraction of sp³-hybridized carbons (Fsp3) is 0.273. The lowest BCUT2D eigenvalue weighted by molar-refractivity contribution is 0.101. The maximum absolute atomic E-state index is 12.0. The van der Waals surface area contributed by atoms with Gasteiger partial charge in [0.15, 0.2) is 0 Å². The summed E-state index contributed by atoms with van der Waals surface area (Å²) < 4.78 is 1.53. The van der Waals surface area contributed by atoms with Gasteiger partial charge in [-0.15, -0.1) is 0 Å². The summed E-state index contributed by atoms with van der Waals surface area (Å²) in [7, 11) is 1.72. The van der Waals surface area contributed by atoms with Gasteiger partial charge < -0.3 is 0 Å². The van der Waals surface area contributed by atoms with Gasteiger partial charge in [0.2, 0.25) is 5.95 Å². The van der Waals surface area contributed by atoms with Crippen molar-refractivity contribution in [2.24, 2.45) is 7.05 Å². The van der Waals surface area contributed by atoms with Gasteiger partial charge in [-0.25, -0.2) is 9.97 Å². The van der Waals surface area contributed by atoms with Crippen molar-refractivity contribution in [3.8, 4) is 0 Å². The molecule has 0 saturated carbocycles. The summed E-state index contributed by atoms with van der Waals surface area (Å²) in [5.41, 5.74) is 1.31. The van der Waals surface area contributed by atoms with Crippen LogP contribution in [0.3, 0.4) is 0 Å². The molecule has 0 fully saturated rings. The Bertz CT molecular complexity index is 581. The molecule has 0 bridgehead atoms. The molecule has 7 heteroatoms. The van der Waals surface area contributed by atoms with E-state index in [0.29, 0.717) is 5.69 Å². The van der Waals surface area contributed by atoms with Crippen LogP contribution in [0, 0.1) is 0 Å². The van der Waals surface area contributed by atoms with Crippen molar-refractivity contribution in [2.45, 2.75) is 13.3 Å². The van der Waals surface area contributed by atoms with E-state index in [2.05, 4.69) is 20.4 Å². The summed E-state index contributed by atoms with van der Waals surface area (Å²) in [6, 6.07) is 3.27. The molecule has 0 radical (unpaired) electrons. The van der Waals surface area contributed by atoms with Crippen LogP contribution in [0.4, 0.5) is 5.95 Å². The van der Waals surface area contributed by atoms with Crippen molar-refractivity contribution >= 4 is 23.5 Å². The van der Waals surface area contributed by atoms with Crippen LogP contribution in [0.1, 0.15) is 23.1 Å². The molecule has 0 atom stereocenters. The Balaban J connectivity index is 2.19. The first kappa shape index (κ1) is 12.5. The number of rotatable bonds is 3. The van der Waals surface area contributed by atoms with E-state index < -0.39 is 0 Å². The van der Waals surface area contributed by atoms with Gasteiger partial charge in [0, 0.05) is 13.2 Å². The minimum absolute atomic E-state index is 0.173. The first-order valence-corrected chi connectivity index (χ1v) is 5.80. The highest BCUT2D eigenvalue weighted by atomic mass is 35.5. The Morgan fingerprint density at radius 1 is 1.56 bits per heavy atom. The van der Waals surface area contributed by atoms with Crippen LogP contribution in [0.2, 0.25) is 5.15 Å². The molecule has 0 aliphatic carbocycles. The molecule has 2 rings (SSSR count). The van der Waals surface area contributed by atoms with Crippen LogP contribution in [0.5, 0.6) is 0 Å². The molecule has 0 spiro atoms. The largest absolute Gasteiger partial charge is 0.289 e. The predicted molar refractivity (Wildman–Crippen MR) is 67.6 cm³/mol. The maximum atomic E-state index is 12.0. The average Bonchev–Trinajstić information content (AvgIpc) is 2.70. The first-order valence-electron chi connectivity index (χ1n) is 5.43. The van der Waals surface area contributed by atoms with Crippen LogP contribution in [-0.2, 0) is 13.5 Å². The number of nitrogens with zero attached hydrogens (tertiary/aromatic N) is 4. The zero-order chi connectivity index (χ0) is 13.1. The Hall–Kier alpha value is -1.95. The summed E-state index contributed by atoms with van der Waals surface area (Å²) >= 11 is 5.71. The van der Waals surface area contributed by atoms with E-state index in [1.807, 2.05) is 6.92 Å². The Kier molecular flexibility index (Phi) is 3.57. The lowest BCUT2D eigenvalue weighted by Crippen LogP contribution is -2.17. The average molecular weight is 266 g/mol. The summed E-state index contributed by atoms with van der Waals surface area (Å²) in [5.74, 6) is -0.140. The fourth-order valence-electron chi connectivity index (χ4n) is 1.47. The van der Waals surface area contributed by atoms with Gasteiger partial charge in [0.1, 0.15) is 10.8 Å². The lowest BCUT2D eigenvalue weighted by atomic mass is 10.3. The SMILES string of the molecule is CCc1cc(C(=O)Nc2nccc(Cl)n2)n(C)n1. The molecule has 1 N–H and O–H groups in total. The quantitative estimate of drug-likeness (QED) is 0.857. The van der Waals surface area contributed by atoms with E-state index in [4.69, 9.17) is 11.6 Å². The molecule has 94 valence electrons. The first-order chi connectivity index (χ1) is 8.60. The molecule has 0 unspecified atom stereocenters. The van der Waals surface area contributed by atoms with Gasteiger partial charge in [-0.05, 0) is 18.6 Å². The number of carbonyl (C=O) groups is 1. The number of hydrogen-bond donors (Lipinski definition) is 1. The van der Waals surface area contributed by atoms with Crippen LogP contribution in [-0.4, -0.2) is 25.7 Å². The van der Waals surface area contributed by atoms with Gasteiger partial charge in [-0.2, -0.15) is 5.10 Å². The van der Waals surface area contributed by atoms with Gasteiger partial charge in [0.05, 0.1) is 5.69 Å². The molecule has 2 aromatic heterocycles. The summed E-state index contributed by atoms with van der Waals surface area (Å²) in [5, 5.41) is 7.05. The van der Waals surface area contributed by atoms with Crippen LogP contribution in [0.15, 0.2) is 18.3 Å². The van der Waals surface area contributed by atoms with E-state index in [1.165, 1.54) is 16.9 Å². The molecule has 0 saturated heterocycles. The second-order valence-corrected chi connectivity index (χ2v) is 4.04. The number of nitrogens with one attached hydrogen (secondary N) is 1. The molecular formula is C11H12ClN5O. The van der Waals surface area contributed by atoms with Crippen LogP contribution >= 0.6 is 11.6 Å². The Labute approximate surface area is 109 Å². The van der Waals surface area contributed by atoms with Crippen molar-refractivity contribution in [1.29, 1.82) is 0 Å². The molecule has 18 heavy (non-hydrogen) atoms. The highest BCUT2D eigenvalue weighted by Gasteiger charge is 2.13. The zero-order valence-corrected chi connectivity index (χ0v) is 10.8. The number of carbonyl (C=O) groups excluding carboxylic acids is 1. The normalized spacial score (nSPS) is 10.4. The molecule has 2 heterocycles. The van der Waals surface area contributed by atoms with E-state index in [0.717, 1.165) is 12.1 Å². The smallest absolute Gasteiger partial charge is 0.276 e. The highest BCUT2D eigenvalue weighted by molar-refractivity contribution is 6.29. The Morgan fingerprint density at radius 2 is 2.33 bits per heavy atom. The van der Waals surface area contributed by atoms with Crippen molar-refractivity contribution < 1.29 is 4.79 Å². The molecule has 0 aromatic carbocycles. The highest BCUT2D eigenvalue weighted by Crippen LogP contribution is 2.09. The third-order valence-electron chi connectivity index (χ3n) is 2.37. The maximum Gasteiger partial charge on any atom is 0.276 e. The fourth-order valence-corrected chi connectivity index (χ4v) is 1.61.